The summed E-state index contributed by atoms with van der Waals surface area (Å²) in [5.74, 6) is -2.21. The average molecular weight is 777 g/mol. The molecule has 2 amide bonds. The monoisotopic (exact) mass is 776 g/mol. The average Bonchev–Trinajstić information content (AvgIpc) is 3.41. The molecular weight excluding hydrogens is 741 g/mol. The highest BCUT2D eigenvalue weighted by Crippen LogP contribution is 2.42. The topological polar surface area (TPSA) is 152 Å². The number of phenols is 2. The standard InChI is InChI=1S/C46H36N2O10/c1-25-21-27(13-17-35(25)47-41(51)31-9-5-7-11-33(31)45(53)57-43(47)29-15-19-37(49)39(23-29)55-3)28-14-18-36(26(2)22-28)48-42(52)32-10-6-8-12-34(32)46(54)58-44(48)30-16-20-38(50)40(24-30)56-4/h5-24,43-44,49-50H,1-4H3. The number of carbonyl (C=O) groups excluding carboxylic acids is 4. The lowest BCUT2D eigenvalue weighted by Gasteiger charge is -2.31. The van der Waals surface area contributed by atoms with Gasteiger partial charge in [0.2, 0.25) is 12.5 Å². The molecule has 2 atom stereocenters. The van der Waals surface area contributed by atoms with E-state index >= 15 is 0 Å². The molecule has 0 bridgehead atoms. The Hall–Kier alpha value is -7.60. The van der Waals surface area contributed by atoms with Gasteiger partial charge < -0.3 is 29.2 Å². The number of anilines is 2. The van der Waals surface area contributed by atoms with E-state index in [1.165, 1.54) is 48.3 Å². The van der Waals surface area contributed by atoms with Crippen LogP contribution in [0.4, 0.5) is 11.4 Å². The number of aromatic hydroxyl groups is 2. The van der Waals surface area contributed by atoms with Crippen LogP contribution in [-0.4, -0.2) is 48.2 Å². The van der Waals surface area contributed by atoms with Gasteiger partial charge in [-0.2, -0.15) is 0 Å². The molecular formula is C46H36N2O10. The maximum Gasteiger partial charge on any atom is 0.341 e. The lowest BCUT2D eigenvalue weighted by atomic mass is 9.98. The van der Waals surface area contributed by atoms with Gasteiger partial charge in [-0.05, 0) is 121 Å². The van der Waals surface area contributed by atoms with Crippen LogP contribution in [-0.2, 0) is 9.47 Å². The van der Waals surface area contributed by atoms with Gasteiger partial charge in [-0.1, -0.05) is 36.4 Å². The predicted octanol–water partition coefficient (Wildman–Crippen LogP) is 8.43. The van der Waals surface area contributed by atoms with Crippen molar-refractivity contribution in [2.75, 3.05) is 24.0 Å². The van der Waals surface area contributed by atoms with Crippen molar-refractivity contribution in [3.05, 3.63) is 166 Å². The zero-order valence-corrected chi connectivity index (χ0v) is 31.8. The minimum atomic E-state index is -1.21. The van der Waals surface area contributed by atoms with Gasteiger partial charge in [0.15, 0.2) is 23.0 Å². The van der Waals surface area contributed by atoms with Gasteiger partial charge in [-0.15, -0.1) is 0 Å². The number of benzene rings is 6. The summed E-state index contributed by atoms with van der Waals surface area (Å²) in [4.78, 5) is 58.5. The zero-order valence-electron chi connectivity index (χ0n) is 31.8. The third-order valence-corrected chi connectivity index (χ3v) is 10.3. The second kappa shape index (κ2) is 14.8. The minimum absolute atomic E-state index is 0.114. The molecule has 2 aliphatic rings. The highest BCUT2D eigenvalue weighted by Gasteiger charge is 2.40. The molecule has 8 rings (SSSR count). The first-order valence-electron chi connectivity index (χ1n) is 18.2. The number of phenolic OH excluding ortho intramolecular Hbond substituents is 2. The van der Waals surface area contributed by atoms with Crippen molar-refractivity contribution in [2.24, 2.45) is 0 Å². The Balaban J connectivity index is 1.19. The fourth-order valence-corrected chi connectivity index (χ4v) is 7.41. The number of nitrogens with zero attached hydrogens (tertiary/aromatic N) is 2. The second-order valence-electron chi connectivity index (χ2n) is 13.8. The lowest BCUT2D eigenvalue weighted by Crippen LogP contribution is -2.35. The maximum atomic E-state index is 14.4. The van der Waals surface area contributed by atoms with Crippen LogP contribution in [0.2, 0.25) is 0 Å². The number of hydrogen-bond donors (Lipinski definition) is 2. The summed E-state index contributed by atoms with van der Waals surface area (Å²) >= 11 is 0. The molecule has 0 aliphatic carbocycles. The van der Waals surface area contributed by atoms with Gasteiger partial charge in [0.1, 0.15) is 0 Å². The van der Waals surface area contributed by atoms with E-state index in [1.54, 1.807) is 72.8 Å². The highest BCUT2D eigenvalue weighted by molar-refractivity contribution is 6.15. The zero-order chi connectivity index (χ0) is 40.8. The number of esters is 2. The smallest absolute Gasteiger partial charge is 0.341 e. The number of carbonyl (C=O) groups is 4. The Morgan fingerprint density at radius 1 is 0.500 bits per heavy atom. The molecule has 6 aromatic carbocycles. The Morgan fingerprint density at radius 2 is 0.879 bits per heavy atom. The molecule has 2 unspecified atom stereocenters. The second-order valence-corrected chi connectivity index (χ2v) is 13.8. The first-order valence-corrected chi connectivity index (χ1v) is 18.2. The molecule has 0 spiro atoms. The SMILES string of the molecule is COc1cc(C2OC(=O)c3ccccc3C(=O)N2c2ccc(-c3ccc(N4C(=O)c5ccccc5C(=O)OC4c4ccc(O)c(OC)c4)c(C)c3)cc2C)ccc1O. The predicted molar refractivity (Wildman–Crippen MR) is 213 cm³/mol. The van der Waals surface area contributed by atoms with Crippen LogP contribution in [0.3, 0.4) is 0 Å². The van der Waals surface area contributed by atoms with Gasteiger partial charge in [-0.3, -0.25) is 19.4 Å². The summed E-state index contributed by atoms with van der Waals surface area (Å²) in [6, 6.07) is 33.0. The Labute approximate surface area is 333 Å². The minimum Gasteiger partial charge on any atom is -0.504 e. The molecule has 0 radical (unpaired) electrons. The molecule has 12 nitrogen and oxygen atoms in total. The molecule has 2 aliphatic heterocycles. The molecule has 12 heteroatoms. The van der Waals surface area contributed by atoms with Crippen molar-refractivity contribution in [3.63, 3.8) is 0 Å². The van der Waals surface area contributed by atoms with Gasteiger partial charge in [0, 0.05) is 11.1 Å². The van der Waals surface area contributed by atoms with Crippen molar-refractivity contribution in [3.8, 4) is 34.1 Å². The number of fused-ring (bicyclic) bond motifs is 2. The normalized spacial score (nSPS) is 16.4. The van der Waals surface area contributed by atoms with E-state index in [4.69, 9.17) is 18.9 Å². The van der Waals surface area contributed by atoms with Crippen LogP contribution < -0.4 is 19.3 Å². The fraction of sp³-hybridized carbons (Fsp3) is 0.130. The van der Waals surface area contributed by atoms with Crippen LogP contribution in [0.1, 0.15) is 76.1 Å². The summed E-state index contributed by atoms with van der Waals surface area (Å²) in [7, 11) is 2.80. The third kappa shape index (κ3) is 6.40. The summed E-state index contributed by atoms with van der Waals surface area (Å²) in [5.41, 5.74) is 5.32. The van der Waals surface area contributed by atoms with E-state index in [-0.39, 0.29) is 45.3 Å². The number of methoxy groups -OCH3 is 2. The highest BCUT2D eigenvalue weighted by atomic mass is 16.6. The lowest BCUT2D eigenvalue weighted by molar-refractivity contribution is 0.0292. The molecule has 0 saturated carbocycles. The molecule has 0 saturated heterocycles. The van der Waals surface area contributed by atoms with Crippen molar-refractivity contribution in [2.45, 2.75) is 26.3 Å². The summed E-state index contributed by atoms with van der Waals surface area (Å²) in [5, 5.41) is 20.6. The van der Waals surface area contributed by atoms with E-state index in [0.717, 1.165) is 11.1 Å². The van der Waals surface area contributed by atoms with E-state index in [9.17, 15) is 29.4 Å². The fourth-order valence-electron chi connectivity index (χ4n) is 7.41. The van der Waals surface area contributed by atoms with Crippen molar-refractivity contribution in [1.29, 1.82) is 0 Å². The molecule has 2 N–H and O–H groups in total. The summed E-state index contributed by atoms with van der Waals surface area (Å²) in [6.07, 6.45) is -2.42. The quantitative estimate of drug-likeness (QED) is 0.151. The Morgan fingerprint density at radius 3 is 1.24 bits per heavy atom. The van der Waals surface area contributed by atoms with Crippen molar-refractivity contribution < 1.29 is 48.3 Å². The van der Waals surface area contributed by atoms with Crippen LogP contribution in [0.15, 0.2) is 121 Å². The van der Waals surface area contributed by atoms with E-state index < -0.39 is 36.2 Å². The van der Waals surface area contributed by atoms with E-state index in [2.05, 4.69) is 0 Å². The van der Waals surface area contributed by atoms with E-state index in [0.29, 0.717) is 33.6 Å². The summed E-state index contributed by atoms with van der Waals surface area (Å²) < 4.78 is 22.7. The molecule has 2 heterocycles. The number of hydrogen-bond acceptors (Lipinski definition) is 10. The maximum absolute atomic E-state index is 14.4. The molecule has 6 aromatic rings. The van der Waals surface area contributed by atoms with E-state index in [1.807, 2.05) is 38.1 Å². The van der Waals surface area contributed by atoms with Gasteiger partial charge >= 0.3 is 11.9 Å². The number of cyclic esters (lactones) is 2. The number of aryl methyl sites for hydroxylation is 2. The van der Waals surface area contributed by atoms with Gasteiger partial charge in [0.05, 0.1) is 47.8 Å². The number of ether oxygens (including phenoxy) is 4. The van der Waals surface area contributed by atoms with Crippen LogP contribution in [0.25, 0.3) is 11.1 Å². The first kappa shape index (κ1) is 37.3. The van der Waals surface area contributed by atoms with Crippen molar-refractivity contribution in [1.82, 2.24) is 0 Å². The van der Waals surface area contributed by atoms with Gasteiger partial charge in [0.25, 0.3) is 11.8 Å². The van der Waals surface area contributed by atoms with Crippen LogP contribution >= 0.6 is 0 Å². The summed E-state index contributed by atoms with van der Waals surface area (Å²) in [6.45, 7) is 3.69. The third-order valence-electron chi connectivity index (χ3n) is 10.3. The molecule has 0 aromatic heterocycles. The van der Waals surface area contributed by atoms with Crippen molar-refractivity contribution >= 4 is 35.1 Å². The molecule has 58 heavy (non-hydrogen) atoms. The molecule has 0 fully saturated rings. The Kier molecular flexibility index (Phi) is 9.53. The van der Waals surface area contributed by atoms with Crippen LogP contribution in [0, 0.1) is 13.8 Å². The largest absolute Gasteiger partial charge is 0.504 e. The number of rotatable bonds is 7. The molecule has 290 valence electrons. The van der Waals surface area contributed by atoms with Gasteiger partial charge in [-0.25, -0.2) is 9.59 Å². The Bertz CT molecular complexity index is 2490. The number of amides is 2. The van der Waals surface area contributed by atoms with Crippen LogP contribution in [0.5, 0.6) is 23.0 Å². The first-order chi connectivity index (χ1) is 28.0.